The van der Waals surface area contributed by atoms with E-state index in [4.69, 9.17) is 11.5 Å². The van der Waals surface area contributed by atoms with Crippen LogP contribution in [0.5, 0.6) is 0 Å². The number of primary amides is 1. The normalized spacial score (nSPS) is 14.6. The van der Waals surface area contributed by atoms with Gasteiger partial charge < -0.3 is 16.4 Å². The summed E-state index contributed by atoms with van der Waals surface area (Å²) in [6.45, 7) is 3.72. The summed E-state index contributed by atoms with van der Waals surface area (Å²) < 4.78 is 0. The third kappa shape index (κ3) is 3.28. The van der Waals surface area contributed by atoms with Gasteiger partial charge in [0.15, 0.2) is 0 Å². The first-order chi connectivity index (χ1) is 8.00. The fraction of sp³-hybridized carbons (Fsp3) is 0.462. The second kappa shape index (κ2) is 5.80. The molecular weight excluding hydrogens is 214 g/mol. The molecule has 4 nitrogen and oxygen atoms in total. The second-order valence-corrected chi connectivity index (χ2v) is 4.35. The maximum Gasteiger partial charge on any atom is 0.242 e. The monoisotopic (exact) mass is 235 g/mol. The fourth-order valence-electron chi connectivity index (χ4n) is 1.67. The van der Waals surface area contributed by atoms with Gasteiger partial charge in [0.05, 0.1) is 0 Å². The summed E-state index contributed by atoms with van der Waals surface area (Å²) in [5, 5.41) is 0. The second-order valence-electron chi connectivity index (χ2n) is 4.35. The molecule has 1 aromatic carbocycles. The molecule has 0 fully saturated rings. The Bertz CT molecular complexity index is 366. The van der Waals surface area contributed by atoms with E-state index in [-0.39, 0.29) is 0 Å². The molecule has 17 heavy (non-hydrogen) atoms. The van der Waals surface area contributed by atoms with Crippen molar-refractivity contribution in [3.05, 3.63) is 35.9 Å². The molecule has 94 valence electrons. The van der Waals surface area contributed by atoms with Crippen LogP contribution in [-0.4, -0.2) is 30.9 Å². The van der Waals surface area contributed by atoms with Crippen molar-refractivity contribution in [1.29, 1.82) is 0 Å². The lowest BCUT2D eigenvalue weighted by Gasteiger charge is -2.28. The van der Waals surface area contributed by atoms with Crippen LogP contribution in [0, 0.1) is 0 Å². The summed E-state index contributed by atoms with van der Waals surface area (Å²) in [6, 6.07) is 9.31. The highest BCUT2D eigenvalue weighted by molar-refractivity contribution is 5.85. The molecule has 1 amide bonds. The summed E-state index contributed by atoms with van der Waals surface area (Å²) in [5.74, 6) is -0.479. The molecule has 0 aliphatic carbocycles. The maximum absolute atomic E-state index is 11.6. The molecule has 1 atom stereocenters. The van der Waals surface area contributed by atoms with E-state index >= 15 is 0 Å². The van der Waals surface area contributed by atoms with E-state index in [1.165, 1.54) is 0 Å². The first kappa shape index (κ1) is 13.7. The summed E-state index contributed by atoms with van der Waals surface area (Å²) in [4.78, 5) is 13.7. The van der Waals surface area contributed by atoms with Gasteiger partial charge in [-0.15, -0.1) is 0 Å². The lowest BCUT2D eigenvalue weighted by molar-refractivity contribution is -0.123. The van der Waals surface area contributed by atoms with Gasteiger partial charge >= 0.3 is 0 Å². The molecule has 0 aromatic heterocycles. The van der Waals surface area contributed by atoms with Gasteiger partial charge in [-0.3, -0.25) is 4.79 Å². The van der Waals surface area contributed by atoms with Crippen molar-refractivity contribution in [3.63, 3.8) is 0 Å². The summed E-state index contributed by atoms with van der Waals surface area (Å²) in [6.07, 6.45) is 0.524. The first-order valence-electron chi connectivity index (χ1n) is 5.83. The van der Waals surface area contributed by atoms with Gasteiger partial charge in [-0.25, -0.2) is 0 Å². The van der Waals surface area contributed by atoms with Gasteiger partial charge in [0, 0.05) is 6.54 Å². The Morgan fingerprint density at radius 3 is 2.41 bits per heavy atom. The number of hydrogen-bond donors (Lipinski definition) is 2. The average molecular weight is 235 g/mol. The Hall–Kier alpha value is -1.39. The fourth-order valence-corrected chi connectivity index (χ4v) is 1.67. The Labute approximate surface area is 103 Å². The highest BCUT2D eigenvalue weighted by Crippen LogP contribution is 2.21. The van der Waals surface area contributed by atoms with Crippen molar-refractivity contribution in [2.24, 2.45) is 11.5 Å². The van der Waals surface area contributed by atoms with E-state index in [1.807, 2.05) is 37.4 Å². The molecule has 0 heterocycles. The highest BCUT2D eigenvalue weighted by atomic mass is 16.1. The SMILES string of the molecule is CCN(C)CCC(N)(C(N)=O)c1ccccc1. The first-order valence-corrected chi connectivity index (χ1v) is 5.83. The summed E-state index contributed by atoms with van der Waals surface area (Å²) >= 11 is 0. The molecule has 1 aromatic rings. The molecule has 0 radical (unpaired) electrons. The van der Waals surface area contributed by atoms with E-state index in [0.29, 0.717) is 6.42 Å². The van der Waals surface area contributed by atoms with Crippen molar-refractivity contribution in [1.82, 2.24) is 4.90 Å². The number of nitrogens with two attached hydrogens (primary N) is 2. The van der Waals surface area contributed by atoms with Gasteiger partial charge in [0.2, 0.25) is 5.91 Å². The van der Waals surface area contributed by atoms with E-state index < -0.39 is 11.4 Å². The molecule has 0 bridgehead atoms. The number of carbonyl (C=O) groups excluding carboxylic acids is 1. The molecule has 0 saturated heterocycles. The quantitative estimate of drug-likeness (QED) is 0.761. The number of rotatable bonds is 6. The van der Waals surface area contributed by atoms with Crippen LogP contribution >= 0.6 is 0 Å². The number of amides is 1. The summed E-state index contributed by atoms with van der Waals surface area (Å²) in [7, 11) is 1.99. The topological polar surface area (TPSA) is 72.3 Å². The largest absolute Gasteiger partial charge is 0.368 e. The summed E-state index contributed by atoms with van der Waals surface area (Å²) in [5.41, 5.74) is 11.3. The van der Waals surface area contributed by atoms with Crippen LogP contribution in [0.15, 0.2) is 30.3 Å². The number of nitrogens with zero attached hydrogens (tertiary/aromatic N) is 1. The van der Waals surface area contributed by atoms with Gasteiger partial charge in [-0.05, 0) is 25.6 Å². The predicted octanol–water partition coefficient (Wildman–Crippen LogP) is 0.668. The third-order valence-electron chi connectivity index (χ3n) is 3.16. The zero-order chi connectivity index (χ0) is 12.9. The van der Waals surface area contributed by atoms with Crippen LogP contribution in [-0.2, 0) is 10.3 Å². The molecule has 0 aliphatic heterocycles. The number of hydrogen-bond acceptors (Lipinski definition) is 3. The Kier molecular flexibility index (Phi) is 4.66. The molecule has 1 unspecified atom stereocenters. The van der Waals surface area contributed by atoms with Crippen LogP contribution in [0.1, 0.15) is 18.9 Å². The van der Waals surface area contributed by atoms with Crippen molar-refractivity contribution in [3.8, 4) is 0 Å². The van der Waals surface area contributed by atoms with E-state index in [2.05, 4.69) is 11.8 Å². The molecule has 1 rings (SSSR count). The van der Waals surface area contributed by atoms with Crippen LogP contribution < -0.4 is 11.5 Å². The van der Waals surface area contributed by atoms with E-state index in [9.17, 15) is 4.79 Å². The molecular formula is C13H21N3O. The van der Waals surface area contributed by atoms with Crippen molar-refractivity contribution < 1.29 is 4.79 Å². The Morgan fingerprint density at radius 1 is 1.35 bits per heavy atom. The van der Waals surface area contributed by atoms with Gasteiger partial charge in [-0.1, -0.05) is 37.3 Å². The zero-order valence-electron chi connectivity index (χ0n) is 10.5. The van der Waals surface area contributed by atoms with E-state index in [0.717, 1.165) is 18.7 Å². The smallest absolute Gasteiger partial charge is 0.242 e. The minimum atomic E-state index is -1.08. The van der Waals surface area contributed by atoms with Crippen LogP contribution in [0.25, 0.3) is 0 Å². The number of benzene rings is 1. The maximum atomic E-state index is 11.6. The third-order valence-corrected chi connectivity index (χ3v) is 3.16. The Balaban J connectivity index is 2.87. The average Bonchev–Trinajstić information content (AvgIpc) is 2.36. The molecule has 0 aliphatic rings. The molecule has 0 spiro atoms. The lowest BCUT2D eigenvalue weighted by Crippen LogP contribution is -2.50. The van der Waals surface area contributed by atoms with Crippen LogP contribution in [0.3, 0.4) is 0 Å². The van der Waals surface area contributed by atoms with Gasteiger partial charge in [-0.2, -0.15) is 0 Å². The molecule has 4 heteroatoms. The van der Waals surface area contributed by atoms with Crippen molar-refractivity contribution in [2.45, 2.75) is 18.9 Å². The minimum Gasteiger partial charge on any atom is -0.368 e. The van der Waals surface area contributed by atoms with Crippen molar-refractivity contribution >= 4 is 5.91 Å². The Morgan fingerprint density at radius 2 is 1.94 bits per heavy atom. The molecule has 0 saturated carbocycles. The van der Waals surface area contributed by atoms with Crippen LogP contribution in [0.4, 0.5) is 0 Å². The number of carbonyl (C=O) groups is 1. The standard InChI is InChI=1S/C13H21N3O/c1-3-16(2)10-9-13(15,12(14)17)11-7-5-4-6-8-11/h4-8H,3,9-10,15H2,1-2H3,(H2,14,17). The van der Waals surface area contributed by atoms with Gasteiger partial charge in [0.25, 0.3) is 0 Å². The van der Waals surface area contributed by atoms with Crippen molar-refractivity contribution in [2.75, 3.05) is 20.1 Å². The minimum absolute atomic E-state index is 0.479. The highest BCUT2D eigenvalue weighted by Gasteiger charge is 2.33. The van der Waals surface area contributed by atoms with E-state index in [1.54, 1.807) is 0 Å². The lowest BCUT2D eigenvalue weighted by atomic mass is 9.87. The van der Waals surface area contributed by atoms with Crippen LogP contribution in [0.2, 0.25) is 0 Å². The zero-order valence-corrected chi connectivity index (χ0v) is 10.5. The molecule has 4 N–H and O–H groups in total. The predicted molar refractivity (Wildman–Crippen MR) is 69.3 cm³/mol. The van der Waals surface area contributed by atoms with Gasteiger partial charge in [0.1, 0.15) is 5.54 Å².